The Morgan fingerprint density at radius 3 is 2.83 bits per heavy atom. The molecule has 1 aliphatic rings. The Morgan fingerprint density at radius 1 is 1.50 bits per heavy atom. The van der Waals surface area contributed by atoms with Crippen LogP contribution in [0, 0.1) is 11.3 Å². The van der Waals surface area contributed by atoms with Crippen LogP contribution in [-0.2, 0) is 0 Å². The molecule has 0 radical (unpaired) electrons. The van der Waals surface area contributed by atoms with E-state index in [-0.39, 0.29) is 0 Å². The fourth-order valence-corrected chi connectivity index (χ4v) is 2.14. The zero-order chi connectivity index (χ0) is 8.39. The van der Waals surface area contributed by atoms with Crippen LogP contribution in [0.4, 0.5) is 5.13 Å². The number of anilines is 1. The van der Waals surface area contributed by atoms with E-state index >= 15 is 0 Å². The number of hydrogen-bond donors (Lipinski definition) is 0. The SMILES string of the molecule is N#Cc1cnc(N2CCCC2)s1. The Bertz CT molecular complexity index is 306. The monoisotopic (exact) mass is 179 g/mol. The average Bonchev–Trinajstić information content (AvgIpc) is 2.75. The Kier molecular flexibility index (Phi) is 1.96. The second kappa shape index (κ2) is 3.11. The van der Waals surface area contributed by atoms with E-state index in [0.29, 0.717) is 4.88 Å². The molecular weight excluding hydrogens is 170 g/mol. The first-order valence-electron chi connectivity index (χ1n) is 4.01. The largest absolute Gasteiger partial charge is 0.348 e. The molecule has 12 heavy (non-hydrogen) atoms. The second-order valence-electron chi connectivity index (χ2n) is 2.81. The number of nitrogens with zero attached hydrogens (tertiary/aromatic N) is 3. The van der Waals surface area contributed by atoms with Gasteiger partial charge in [-0.15, -0.1) is 0 Å². The molecule has 1 saturated heterocycles. The lowest BCUT2D eigenvalue weighted by Gasteiger charge is -2.11. The third kappa shape index (κ3) is 1.28. The molecule has 1 aliphatic heterocycles. The molecule has 62 valence electrons. The van der Waals surface area contributed by atoms with Crippen molar-refractivity contribution in [1.82, 2.24) is 4.98 Å². The van der Waals surface area contributed by atoms with Gasteiger partial charge in [0, 0.05) is 13.1 Å². The van der Waals surface area contributed by atoms with Gasteiger partial charge < -0.3 is 4.90 Å². The molecular formula is C8H9N3S. The predicted molar refractivity (Wildman–Crippen MR) is 48.3 cm³/mol. The molecule has 0 bridgehead atoms. The third-order valence-electron chi connectivity index (χ3n) is 1.98. The van der Waals surface area contributed by atoms with Gasteiger partial charge in [-0.1, -0.05) is 11.3 Å². The van der Waals surface area contributed by atoms with Crippen LogP contribution in [0.15, 0.2) is 6.20 Å². The van der Waals surface area contributed by atoms with Crippen LogP contribution < -0.4 is 4.90 Å². The minimum absolute atomic E-state index is 0.705. The summed E-state index contributed by atoms with van der Waals surface area (Å²) in [6.45, 7) is 2.19. The van der Waals surface area contributed by atoms with Gasteiger partial charge in [0.1, 0.15) is 10.9 Å². The first-order chi connectivity index (χ1) is 5.90. The molecule has 0 unspecified atom stereocenters. The fourth-order valence-electron chi connectivity index (χ4n) is 1.37. The molecule has 3 nitrogen and oxygen atoms in total. The maximum absolute atomic E-state index is 8.60. The van der Waals surface area contributed by atoms with Gasteiger partial charge in [-0.2, -0.15) is 5.26 Å². The highest BCUT2D eigenvalue weighted by Crippen LogP contribution is 2.24. The van der Waals surface area contributed by atoms with Crippen molar-refractivity contribution >= 4 is 16.5 Å². The van der Waals surface area contributed by atoms with E-state index in [9.17, 15) is 0 Å². The third-order valence-corrected chi connectivity index (χ3v) is 2.94. The highest BCUT2D eigenvalue weighted by atomic mass is 32.1. The molecule has 0 N–H and O–H groups in total. The summed E-state index contributed by atoms with van der Waals surface area (Å²) in [6.07, 6.45) is 4.15. The van der Waals surface area contributed by atoms with Crippen LogP contribution in [0.25, 0.3) is 0 Å². The van der Waals surface area contributed by atoms with E-state index in [1.807, 2.05) is 0 Å². The number of rotatable bonds is 1. The Hall–Kier alpha value is -1.08. The van der Waals surface area contributed by atoms with E-state index in [4.69, 9.17) is 5.26 Å². The zero-order valence-electron chi connectivity index (χ0n) is 6.66. The van der Waals surface area contributed by atoms with Gasteiger partial charge in [-0.05, 0) is 12.8 Å². The number of nitriles is 1. The first-order valence-corrected chi connectivity index (χ1v) is 4.82. The van der Waals surface area contributed by atoms with E-state index in [0.717, 1.165) is 18.2 Å². The van der Waals surface area contributed by atoms with Crippen molar-refractivity contribution in [3.05, 3.63) is 11.1 Å². The first kappa shape index (κ1) is 7.56. The van der Waals surface area contributed by atoms with Gasteiger partial charge in [-0.25, -0.2) is 4.98 Å². The van der Waals surface area contributed by atoms with E-state index < -0.39 is 0 Å². The van der Waals surface area contributed by atoms with Crippen molar-refractivity contribution in [3.8, 4) is 6.07 Å². The second-order valence-corrected chi connectivity index (χ2v) is 3.82. The van der Waals surface area contributed by atoms with Crippen LogP contribution in [0.1, 0.15) is 17.7 Å². The molecule has 0 amide bonds. The van der Waals surface area contributed by atoms with Crippen molar-refractivity contribution in [1.29, 1.82) is 5.26 Å². The summed E-state index contributed by atoms with van der Waals surface area (Å²) in [6, 6.07) is 2.10. The molecule has 0 aliphatic carbocycles. The average molecular weight is 179 g/mol. The predicted octanol–water partition coefficient (Wildman–Crippen LogP) is 1.61. The summed E-state index contributed by atoms with van der Waals surface area (Å²) in [4.78, 5) is 7.14. The smallest absolute Gasteiger partial charge is 0.186 e. The van der Waals surface area contributed by atoms with Crippen molar-refractivity contribution in [2.45, 2.75) is 12.8 Å². The summed E-state index contributed by atoms with van der Waals surface area (Å²) in [5.41, 5.74) is 0. The molecule has 1 fully saturated rings. The topological polar surface area (TPSA) is 39.9 Å². The molecule has 0 spiro atoms. The zero-order valence-corrected chi connectivity index (χ0v) is 7.47. The Labute approximate surface area is 75.3 Å². The van der Waals surface area contributed by atoms with E-state index in [1.54, 1.807) is 6.20 Å². The van der Waals surface area contributed by atoms with Gasteiger partial charge in [0.05, 0.1) is 6.20 Å². The maximum atomic E-state index is 8.60. The van der Waals surface area contributed by atoms with Crippen molar-refractivity contribution in [2.75, 3.05) is 18.0 Å². The molecule has 2 rings (SSSR count). The lowest BCUT2D eigenvalue weighted by atomic mass is 10.4. The minimum atomic E-state index is 0.705. The van der Waals surface area contributed by atoms with Gasteiger partial charge in [-0.3, -0.25) is 0 Å². The van der Waals surface area contributed by atoms with Crippen molar-refractivity contribution < 1.29 is 0 Å². The Balaban J connectivity index is 2.17. The highest BCUT2D eigenvalue weighted by molar-refractivity contribution is 7.16. The molecule has 1 aromatic rings. The molecule has 1 aromatic heterocycles. The Morgan fingerprint density at radius 2 is 2.25 bits per heavy atom. The van der Waals surface area contributed by atoms with Crippen LogP contribution in [-0.4, -0.2) is 18.1 Å². The van der Waals surface area contributed by atoms with Gasteiger partial charge in [0.2, 0.25) is 0 Å². The van der Waals surface area contributed by atoms with E-state index in [2.05, 4.69) is 16.0 Å². The van der Waals surface area contributed by atoms with Gasteiger partial charge in [0.15, 0.2) is 5.13 Å². The maximum Gasteiger partial charge on any atom is 0.186 e. The number of thiazole rings is 1. The molecule has 0 atom stereocenters. The summed E-state index contributed by atoms with van der Waals surface area (Å²) >= 11 is 1.48. The number of hydrogen-bond acceptors (Lipinski definition) is 4. The highest BCUT2D eigenvalue weighted by Gasteiger charge is 2.15. The van der Waals surface area contributed by atoms with Crippen LogP contribution in [0.2, 0.25) is 0 Å². The molecule has 0 saturated carbocycles. The summed E-state index contributed by atoms with van der Waals surface area (Å²) in [5, 5.41) is 9.60. The normalized spacial score (nSPS) is 16.4. The van der Waals surface area contributed by atoms with E-state index in [1.165, 1.54) is 24.2 Å². The molecule has 0 aromatic carbocycles. The molecule has 4 heteroatoms. The summed E-state index contributed by atoms with van der Waals surface area (Å²) in [7, 11) is 0. The van der Waals surface area contributed by atoms with Crippen molar-refractivity contribution in [2.24, 2.45) is 0 Å². The van der Waals surface area contributed by atoms with Gasteiger partial charge >= 0.3 is 0 Å². The standard InChI is InChI=1S/C8H9N3S/c9-5-7-6-10-8(12-7)11-3-1-2-4-11/h6H,1-4H2. The lowest BCUT2D eigenvalue weighted by Crippen LogP contribution is -2.16. The molecule has 2 heterocycles. The minimum Gasteiger partial charge on any atom is -0.348 e. The van der Waals surface area contributed by atoms with Crippen molar-refractivity contribution in [3.63, 3.8) is 0 Å². The quantitative estimate of drug-likeness (QED) is 0.657. The number of aromatic nitrogens is 1. The van der Waals surface area contributed by atoms with Crippen LogP contribution in [0.3, 0.4) is 0 Å². The lowest BCUT2D eigenvalue weighted by molar-refractivity contribution is 0.949. The fraction of sp³-hybridized carbons (Fsp3) is 0.500. The van der Waals surface area contributed by atoms with Crippen LogP contribution in [0.5, 0.6) is 0 Å². The van der Waals surface area contributed by atoms with Gasteiger partial charge in [0.25, 0.3) is 0 Å². The summed E-state index contributed by atoms with van der Waals surface area (Å²) in [5.74, 6) is 0. The van der Waals surface area contributed by atoms with Crippen LogP contribution >= 0.6 is 11.3 Å². The summed E-state index contributed by atoms with van der Waals surface area (Å²) < 4.78 is 0.